The van der Waals surface area contributed by atoms with Crippen LogP contribution < -0.4 is 0 Å². The molecule has 3 atom stereocenters. The first-order chi connectivity index (χ1) is 10.4. The molecule has 120 valence electrons. The maximum Gasteiger partial charge on any atom is 0.253 e. The largest absolute Gasteiger partial charge is 0.390 e. The van der Waals surface area contributed by atoms with Crippen LogP contribution in [0.2, 0.25) is 5.02 Å². The predicted molar refractivity (Wildman–Crippen MR) is 83.4 cm³/mol. The molecule has 2 fully saturated rings. The van der Waals surface area contributed by atoms with Crippen LogP contribution in [0.3, 0.4) is 0 Å². The van der Waals surface area contributed by atoms with E-state index in [1.807, 2.05) is 6.92 Å². The van der Waals surface area contributed by atoms with Crippen molar-refractivity contribution in [3.63, 3.8) is 0 Å². The Morgan fingerprint density at radius 2 is 2.27 bits per heavy atom. The van der Waals surface area contributed by atoms with Gasteiger partial charge in [-0.2, -0.15) is 0 Å². The average molecular weight is 326 g/mol. The molecule has 1 aromatic rings. The number of hydrogen-bond donors (Lipinski definition) is 1. The molecular weight excluding hydrogens is 305 g/mol. The Morgan fingerprint density at radius 1 is 1.50 bits per heavy atom. The van der Waals surface area contributed by atoms with Crippen LogP contribution in [0.1, 0.15) is 43.0 Å². The van der Waals surface area contributed by atoms with Gasteiger partial charge in [-0.25, -0.2) is 4.39 Å². The first-order valence-corrected chi connectivity index (χ1v) is 8.29. The molecular formula is C17H21ClFNO2. The number of fused-ring (bicyclic) bond motifs is 1. The average Bonchev–Trinajstić information content (AvgIpc) is 2.95. The highest BCUT2D eigenvalue weighted by atomic mass is 35.5. The predicted octanol–water partition coefficient (Wildman–Crippen LogP) is 3.49. The molecule has 0 spiro atoms. The number of carbonyl (C=O) groups excluding carboxylic acids is 1. The van der Waals surface area contributed by atoms with Crippen LogP contribution in [0.4, 0.5) is 4.39 Å². The molecule has 1 aromatic carbocycles. The van der Waals surface area contributed by atoms with Gasteiger partial charge < -0.3 is 10.0 Å². The maximum absolute atomic E-state index is 13.2. The molecule has 22 heavy (non-hydrogen) atoms. The number of hydrogen-bond acceptors (Lipinski definition) is 2. The zero-order valence-corrected chi connectivity index (χ0v) is 13.4. The zero-order chi connectivity index (χ0) is 15.9. The van der Waals surface area contributed by atoms with Crippen molar-refractivity contribution in [2.45, 2.75) is 38.2 Å². The van der Waals surface area contributed by atoms with Gasteiger partial charge in [0.1, 0.15) is 5.82 Å². The van der Waals surface area contributed by atoms with Crippen LogP contribution in [0.15, 0.2) is 18.2 Å². The van der Waals surface area contributed by atoms with Crippen LogP contribution >= 0.6 is 11.6 Å². The number of benzene rings is 1. The van der Waals surface area contributed by atoms with Gasteiger partial charge in [-0.05, 0) is 43.4 Å². The standard InChI is InChI=1S/C17H21ClFNO2/c1-2-17(22)7-3-4-12-9-20(10-13(12)17)16(21)11-5-6-15(19)14(18)8-11/h5-6,8,12-13,22H,2-4,7,9-10H2,1H3/t12-,13+,17-/m1/s1. The number of amides is 1. The van der Waals surface area contributed by atoms with Crippen molar-refractivity contribution in [1.82, 2.24) is 4.90 Å². The van der Waals surface area contributed by atoms with Crippen LogP contribution in [-0.4, -0.2) is 34.6 Å². The van der Waals surface area contributed by atoms with E-state index in [1.165, 1.54) is 18.2 Å². The summed E-state index contributed by atoms with van der Waals surface area (Å²) < 4.78 is 13.2. The van der Waals surface area contributed by atoms with E-state index in [-0.39, 0.29) is 16.8 Å². The van der Waals surface area contributed by atoms with Gasteiger partial charge in [0.2, 0.25) is 0 Å². The Balaban J connectivity index is 1.79. The normalized spacial score (nSPS) is 31.2. The van der Waals surface area contributed by atoms with E-state index in [0.29, 0.717) is 24.6 Å². The fourth-order valence-corrected chi connectivity index (χ4v) is 4.23. The van der Waals surface area contributed by atoms with Crippen molar-refractivity contribution in [3.05, 3.63) is 34.6 Å². The minimum atomic E-state index is -0.654. The van der Waals surface area contributed by atoms with Crippen molar-refractivity contribution in [2.24, 2.45) is 11.8 Å². The molecule has 1 saturated carbocycles. The highest BCUT2D eigenvalue weighted by Gasteiger charge is 2.48. The summed E-state index contributed by atoms with van der Waals surface area (Å²) in [6.45, 7) is 3.25. The highest BCUT2D eigenvalue weighted by Crippen LogP contribution is 2.44. The minimum Gasteiger partial charge on any atom is -0.390 e. The fraction of sp³-hybridized carbons (Fsp3) is 0.588. The lowest BCUT2D eigenvalue weighted by Crippen LogP contribution is -2.44. The lowest BCUT2D eigenvalue weighted by Gasteiger charge is -2.40. The Labute approximate surface area is 135 Å². The fourth-order valence-electron chi connectivity index (χ4n) is 4.04. The van der Waals surface area contributed by atoms with Gasteiger partial charge >= 0.3 is 0 Å². The summed E-state index contributed by atoms with van der Waals surface area (Å²) in [6.07, 6.45) is 3.60. The summed E-state index contributed by atoms with van der Waals surface area (Å²) in [5.41, 5.74) is -0.247. The van der Waals surface area contributed by atoms with E-state index in [2.05, 4.69) is 0 Å². The third-order valence-electron chi connectivity index (χ3n) is 5.38. The second kappa shape index (κ2) is 5.82. The zero-order valence-electron chi connectivity index (χ0n) is 12.7. The van der Waals surface area contributed by atoms with E-state index in [1.54, 1.807) is 4.90 Å². The summed E-state index contributed by atoms with van der Waals surface area (Å²) in [7, 11) is 0. The number of halogens is 2. The van der Waals surface area contributed by atoms with Gasteiger partial charge in [0.15, 0.2) is 0 Å². The van der Waals surface area contributed by atoms with E-state index < -0.39 is 11.4 Å². The molecule has 5 heteroatoms. The highest BCUT2D eigenvalue weighted by molar-refractivity contribution is 6.31. The van der Waals surface area contributed by atoms with Crippen LogP contribution in [0, 0.1) is 17.7 Å². The van der Waals surface area contributed by atoms with E-state index in [0.717, 1.165) is 25.7 Å². The van der Waals surface area contributed by atoms with Gasteiger partial charge in [0, 0.05) is 24.6 Å². The molecule has 1 N–H and O–H groups in total. The number of carbonyl (C=O) groups is 1. The number of likely N-dealkylation sites (tertiary alicyclic amines) is 1. The number of rotatable bonds is 2. The molecule has 1 amide bonds. The number of nitrogens with zero attached hydrogens (tertiary/aromatic N) is 1. The first kappa shape index (κ1) is 15.8. The van der Waals surface area contributed by atoms with E-state index >= 15 is 0 Å². The Morgan fingerprint density at radius 3 is 2.95 bits per heavy atom. The van der Waals surface area contributed by atoms with Crippen molar-refractivity contribution in [2.75, 3.05) is 13.1 Å². The summed E-state index contributed by atoms with van der Waals surface area (Å²) in [4.78, 5) is 14.4. The Bertz CT molecular complexity index is 594. The smallest absolute Gasteiger partial charge is 0.253 e. The van der Waals surface area contributed by atoms with Crippen LogP contribution in [0.25, 0.3) is 0 Å². The van der Waals surface area contributed by atoms with Crippen molar-refractivity contribution in [1.29, 1.82) is 0 Å². The lowest BCUT2D eigenvalue weighted by molar-refractivity contribution is -0.0609. The summed E-state index contributed by atoms with van der Waals surface area (Å²) >= 11 is 5.77. The van der Waals surface area contributed by atoms with Crippen molar-refractivity contribution in [3.8, 4) is 0 Å². The van der Waals surface area contributed by atoms with Gasteiger partial charge in [-0.3, -0.25) is 4.79 Å². The summed E-state index contributed by atoms with van der Waals surface area (Å²) in [5.74, 6) is -0.145. The number of aliphatic hydroxyl groups is 1. The summed E-state index contributed by atoms with van der Waals surface area (Å²) in [6, 6.07) is 4.08. The molecule has 1 aliphatic heterocycles. The quantitative estimate of drug-likeness (QED) is 0.904. The van der Waals surface area contributed by atoms with Gasteiger partial charge in [-0.1, -0.05) is 24.9 Å². The Kier molecular flexibility index (Phi) is 4.17. The van der Waals surface area contributed by atoms with Crippen LogP contribution in [-0.2, 0) is 0 Å². The molecule has 3 rings (SSSR count). The van der Waals surface area contributed by atoms with Crippen molar-refractivity contribution >= 4 is 17.5 Å². The van der Waals surface area contributed by atoms with Gasteiger partial charge in [0.25, 0.3) is 5.91 Å². The van der Waals surface area contributed by atoms with Crippen LogP contribution in [0.5, 0.6) is 0 Å². The summed E-state index contributed by atoms with van der Waals surface area (Å²) in [5, 5.41) is 10.8. The third-order valence-corrected chi connectivity index (χ3v) is 5.67. The monoisotopic (exact) mass is 325 g/mol. The first-order valence-electron chi connectivity index (χ1n) is 7.91. The molecule has 1 heterocycles. The molecule has 0 radical (unpaired) electrons. The maximum atomic E-state index is 13.2. The second-order valence-corrected chi connectivity index (χ2v) is 6.96. The Hall–Kier alpha value is -1.13. The SMILES string of the molecule is CC[C@@]1(O)CCC[C@@H]2CN(C(=O)c3ccc(F)c(Cl)c3)C[C@@H]21. The molecule has 0 bridgehead atoms. The molecule has 1 aliphatic carbocycles. The lowest BCUT2D eigenvalue weighted by atomic mass is 9.69. The van der Waals surface area contributed by atoms with E-state index in [4.69, 9.17) is 11.6 Å². The molecule has 3 nitrogen and oxygen atoms in total. The van der Waals surface area contributed by atoms with Crippen molar-refractivity contribution < 1.29 is 14.3 Å². The topological polar surface area (TPSA) is 40.5 Å². The van der Waals surface area contributed by atoms with Gasteiger partial charge in [0.05, 0.1) is 10.6 Å². The molecule has 1 saturated heterocycles. The molecule has 2 aliphatic rings. The third kappa shape index (κ3) is 2.63. The minimum absolute atomic E-state index is 0.0347. The van der Waals surface area contributed by atoms with E-state index in [9.17, 15) is 14.3 Å². The molecule has 0 aromatic heterocycles. The molecule has 0 unspecified atom stereocenters. The van der Waals surface area contributed by atoms with Gasteiger partial charge in [-0.15, -0.1) is 0 Å². The second-order valence-electron chi connectivity index (χ2n) is 6.55.